The monoisotopic (exact) mass is 470 g/mol. The van der Waals surface area contributed by atoms with E-state index in [0.29, 0.717) is 30.3 Å². The van der Waals surface area contributed by atoms with Crippen LogP contribution in [0, 0.1) is 6.92 Å². The van der Waals surface area contributed by atoms with E-state index in [0.717, 1.165) is 25.5 Å². The zero-order valence-electron chi connectivity index (χ0n) is 15.5. The van der Waals surface area contributed by atoms with Crippen molar-refractivity contribution in [2.75, 3.05) is 13.6 Å². The maximum atomic E-state index is 5.12. The molecular formula is C18H27IN6O. The topological polar surface area (TPSA) is 78.6 Å². The Morgan fingerprint density at radius 1 is 1.35 bits per heavy atom. The zero-order chi connectivity index (χ0) is 17.6. The van der Waals surface area contributed by atoms with Crippen LogP contribution in [0.15, 0.2) is 39.8 Å². The maximum absolute atomic E-state index is 5.12. The van der Waals surface area contributed by atoms with Gasteiger partial charge in [-0.25, -0.2) is 0 Å². The fourth-order valence-electron chi connectivity index (χ4n) is 3.20. The third-order valence-corrected chi connectivity index (χ3v) is 4.47. The molecule has 0 aliphatic carbocycles. The van der Waals surface area contributed by atoms with E-state index in [2.05, 4.69) is 67.9 Å². The van der Waals surface area contributed by atoms with Crippen LogP contribution in [0.25, 0.3) is 0 Å². The van der Waals surface area contributed by atoms with E-state index in [1.165, 1.54) is 5.56 Å². The number of nitrogens with one attached hydrogen (secondary N) is 2. The lowest BCUT2D eigenvalue weighted by Gasteiger charge is -2.21. The van der Waals surface area contributed by atoms with Gasteiger partial charge in [-0.05, 0) is 25.8 Å². The third-order valence-electron chi connectivity index (χ3n) is 4.47. The smallest absolute Gasteiger partial charge is 0.246 e. The number of guanidine groups is 1. The van der Waals surface area contributed by atoms with E-state index < -0.39 is 0 Å². The fourth-order valence-corrected chi connectivity index (χ4v) is 3.20. The van der Waals surface area contributed by atoms with Gasteiger partial charge in [0.1, 0.15) is 0 Å². The van der Waals surface area contributed by atoms with Crippen molar-refractivity contribution in [2.45, 2.75) is 45.4 Å². The largest absolute Gasteiger partial charge is 0.352 e. The van der Waals surface area contributed by atoms with Gasteiger partial charge in [-0.1, -0.05) is 35.5 Å². The molecule has 26 heavy (non-hydrogen) atoms. The average molecular weight is 470 g/mol. The molecule has 0 saturated carbocycles. The summed E-state index contributed by atoms with van der Waals surface area (Å²) in [6.07, 6.45) is 1.09. The number of hydrogen-bond donors (Lipinski definition) is 2. The molecule has 1 aliphatic heterocycles. The van der Waals surface area contributed by atoms with Gasteiger partial charge in [0.15, 0.2) is 11.8 Å². The van der Waals surface area contributed by atoms with Crippen molar-refractivity contribution in [1.29, 1.82) is 0 Å². The molecule has 2 heterocycles. The number of aromatic nitrogens is 2. The van der Waals surface area contributed by atoms with Crippen molar-refractivity contribution in [2.24, 2.45) is 4.99 Å². The molecule has 0 bridgehead atoms. The molecule has 2 unspecified atom stereocenters. The predicted molar refractivity (Wildman–Crippen MR) is 113 cm³/mol. The van der Waals surface area contributed by atoms with Crippen LogP contribution in [-0.4, -0.2) is 46.7 Å². The number of benzene rings is 1. The Balaban J connectivity index is 0.00000243. The van der Waals surface area contributed by atoms with Gasteiger partial charge in [0.2, 0.25) is 5.89 Å². The first-order valence-corrected chi connectivity index (χ1v) is 8.68. The SMILES string of the molecule is CN=C(NCc1nc(C)no1)NC1CC(C)N(Cc2ccccc2)C1.I. The molecule has 0 radical (unpaired) electrons. The first-order valence-electron chi connectivity index (χ1n) is 8.68. The number of halogens is 1. The summed E-state index contributed by atoms with van der Waals surface area (Å²) in [5, 5.41) is 10.5. The molecule has 142 valence electrons. The second kappa shape index (κ2) is 9.86. The molecule has 2 N–H and O–H groups in total. The second-order valence-corrected chi connectivity index (χ2v) is 6.50. The minimum absolute atomic E-state index is 0. The van der Waals surface area contributed by atoms with Crippen LogP contribution >= 0.6 is 24.0 Å². The highest BCUT2D eigenvalue weighted by Gasteiger charge is 2.29. The van der Waals surface area contributed by atoms with Gasteiger partial charge < -0.3 is 15.2 Å². The van der Waals surface area contributed by atoms with E-state index in [4.69, 9.17) is 4.52 Å². The van der Waals surface area contributed by atoms with Crippen LogP contribution in [0.1, 0.15) is 30.6 Å². The van der Waals surface area contributed by atoms with Gasteiger partial charge in [-0.3, -0.25) is 9.89 Å². The molecular weight excluding hydrogens is 443 g/mol. The van der Waals surface area contributed by atoms with Crippen LogP contribution in [0.4, 0.5) is 0 Å². The van der Waals surface area contributed by atoms with E-state index in [1.54, 1.807) is 14.0 Å². The predicted octanol–water partition coefficient (Wildman–Crippen LogP) is 2.32. The minimum atomic E-state index is 0. The Labute approximate surface area is 171 Å². The normalized spacial score (nSPS) is 20.7. The Bertz CT molecular complexity index is 705. The summed E-state index contributed by atoms with van der Waals surface area (Å²) in [5.41, 5.74) is 1.35. The second-order valence-electron chi connectivity index (χ2n) is 6.50. The molecule has 1 saturated heterocycles. The van der Waals surface area contributed by atoms with Crippen molar-refractivity contribution in [3.63, 3.8) is 0 Å². The summed E-state index contributed by atoms with van der Waals surface area (Å²) >= 11 is 0. The van der Waals surface area contributed by atoms with E-state index >= 15 is 0 Å². The van der Waals surface area contributed by atoms with Crippen LogP contribution in [0.5, 0.6) is 0 Å². The Morgan fingerprint density at radius 2 is 2.12 bits per heavy atom. The summed E-state index contributed by atoms with van der Waals surface area (Å²) in [5.74, 6) is 1.96. The lowest BCUT2D eigenvalue weighted by Crippen LogP contribution is -2.44. The van der Waals surface area contributed by atoms with Gasteiger partial charge in [-0.15, -0.1) is 24.0 Å². The van der Waals surface area contributed by atoms with Crippen molar-refractivity contribution in [1.82, 2.24) is 25.7 Å². The van der Waals surface area contributed by atoms with Crippen LogP contribution in [0.3, 0.4) is 0 Å². The van der Waals surface area contributed by atoms with Gasteiger partial charge in [0.25, 0.3) is 0 Å². The minimum Gasteiger partial charge on any atom is -0.352 e. The molecule has 2 aromatic rings. The molecule has 0 amide bonds. The zero-order valence-corrected chi connectivity index (χ0v) is 17.8. The molecule has 8 heteroatoms. The van der Waals surface area contributed by atoms with Gasteiger partial charge in [0.05, 0.1) is 6.54 Å². The lowest BCUT2D eigenvalue weighted by molar-refractivity contribution is 0.258. The number of aliphatic imine (C=N–C) groups is 1. The van der Waals surface area contributed by atoms with Crippen molar-refractivity contribution < 1.29 is 4.52 Å². The molecule has 1 fully saturated rings. The molecule has 1 aromatic heterocycles. The third kappa shape index (κ3) is 5.66. The summed E-state index contributed by atoms with van der Waals surface area (Å²) in [6, 6.07) is 11.5. The lowest BCUT2D eigenvalue weighted by atomic mass is 10.2. The van der Waals surface area contributed by atoms with Crippen molar-refractivity contribution in [3.8, 4) is 0 Å². The quantitative estimate of drug-likeness (QED) is 0.397. The molecule has 1 aliphatic rings. The summed E-state index contributed by atoms with van der Waals surface area (Å²) in [7, 11) is 1.77. The van der Waals surface area contributed by atoms with E-state index in [-0.39, 0.29) is 24.0 Å². The highest BCUT2D eigenvalue weighted by Crippen LogP contribution is 2.20. The highest BCUT2D eigenvalue weighted by molar-refractivity contribution is 14.0. The number of rotatable bonds is 5. The summed E-state index contributed by atoms with van der Waals surface area (Å²) in [6.45, 7) is 6.53. The Hall–Kier alpha value is -1.68. The molecule has 1 aromatic carbocycles. The van der Waals surface area contributed by atoms with Crippen molar-refractivity contribution >= 4 is 29.9 Å². The van der Waals surface area contributed by atoms with Crippen LogP contribution in [-0.2, 0) is 13.1 Å². The van der Waals surface area contributed by atoms with Gasteiger partial charge in [-0.2, -0.15) is 4.98 Å². The highest BCUT2D eigenvalue weighted by atomic mass is 127. The first kappa shape index (κ1) is 20.6. The molecule has 7 nitrogen and oxygen atoms in total. The van der Waals surface area contributed by atoms with E-state index in [9.17, 15) is 0 Å². The molecule has 0 spiro atoms. The molecule has 2 atom stereocenters. The first-order chi connectivity index (χ1) is 12.1. The van der Waals surface area contributed by atoms with Gasteiger partial charge >= 0.3 is 0 Å². The summed E-state index contributed by atoms with van der Waals surface area (Å²) < 4.78 is 5.12. The average Bonchev–Trinajstić information content (AvgIpc) is 3.18. The molecule has 3 rings (SSSR count). The number of nitrogens with zero attached hydrogens (tertiary/aromatic N) is 4. The van der Waals surface area contributed by atoms with Crippen molar-refractivity contribution in [3.05, 3.63) is 47.6 Å². The number of hydrogen-bond acceptors (Lipinski definition) is 5. The van der Waals surface area contributed by atoms with E-state index in [1.807, 2.05) is 0 Å². The maximum Gasteiger partial charge on any atom is 0.246 e. The Kier molecular flexibility index (Phi) is 7.83. The van der Waals surface area contributed by atoms with Crippen LogP contribution < -0.4 is 10.6 Å². The standard InChI is InChI=1S/C18H26N6O.HI/c1-13-9-16(12-24(13)11-15-7-5-4-6-8-15)22-18(19-3)20-10-17-21-14(2)23-25-17;/h4-8,13,16H,9-12H2,1-3H3,(H2,19,20,22);1H. The summed E-state index contributed by atoms with van der Waals surface area (Å²) in [4.78, 5) is 11.0. The number of likely N-dealkylation sites (tertiary alicyclic amines) is 1. The van der Waals surface area contributed by atoms with Crippen LogP contribution in [0.2, 0.25) is 0 Å². The van der Waals surface area contributed by atoms with Gasteiger partial charge in [0, 0.05) is 32.2 Å². The Morgan fingerprint density at radius 3 is 2.77 bits per heavy atom. The number of aryl methyl sites for hydroxylation is 1. The fraction of sp³-hybridized carbons (Fsp3) is 0.500.